The van der Waals surface area contributed by atoms with Gasteiger partial charge in [0.25, 0.3) is 5.91 Å². The molecule has 13 heteroatoms. The fraction of sp³-hybridized carbons (Fsp3) is 0.562. The smallest absolute Gasteiger partial charge is 0.409 e. The number of β-amino-alcohol motifs (C(OH)–C–C–N with tert-alkyl or cyclic N) is 1. The molecule has 244 valence electrons. The Balaban J connectivity index is 1.57. The van der Waals surface area contributed by atoms with Crippen LogP contribution in [-0.4, -0.2) is 112 Å². The molecule has 0 bridgehead atoms. The summed E-state index contributed by atoms with van der Waals surface area (Å²) in [6, 6.07) is 9.77. The molecule has 13 nitrogen and oxygen atoms in total. The predicted octanol–water partition coefficient (Wildman–Crippen LogP) is 2.63. The van der Waals surface area contributed by atoms with Crippen molar-refractivity contribution < 1.29 is 33.8 Å². The molecule has 2 aliphatic heterocycles. The minimum absolute atomic E-state index is 0.0133. The molecule has 2 saturated heterocycles. The number of piperidine rings is 1. The van der Waals surface area contributed by atoms with E-state index in [4.69, 9.17) is 14.5 Å². The fourth-order valence-electron chi connectivity index (χ4n) is 5.28. The maximum absolute atomic E-state index is 13.8. The maximum Gasteiger partial charge on any atom is 0.409 e. The summed E-state index contributed by atoms with van der Waals surface area (Å²) >= 11 is 0. The molecule has 3 amide bonds. The number of carbonyl (C=O) groups is 4. The molecule has 0 saturated carbocycles. The van der Waals surface area contributed by atoms with Crippen LogP contribution in [0, 0.1) is 0 Å². The number of aromatic nitrogens is 2. The second-order valence-corrected chi connectivity index (χ2v) is 12.2. The summed E-state index contributed by atoms with van der Waals surface area (Å²) in [7, 11) is 0. The standard InChI is InChI=1S/C32H44N6O7/c1-5-44-31(43)37-18-16-36(17-19-37)30(42)24(13-14-27(40)45-32(2,3)4)34-29(41)25-20-26(38-15-9-12-23(39)21-38)35-28(33-25)22-10-7-6-8-11-22/h6-8,10-11,20,23-24,39H,5,9,12-19,21H2,1-4H3,(H,34,41). The van der Waals surface area contributed by atoms with Crippen molar-refractivity contribution in [2.45, 2.75) is 71.1 Å². The lowest BCUT2D eigenvalue weighted by Gasteiger charge is -2.36. The van der Waals surface area contributed by atoms with Crippen LogP contribution in [0.2, 0.25) is 0 Å². The number of carbonyl (C=O) groups excluding carboxylic acids is 4. The first-order valence-corrected chi connectivity index (χ1v) is 15.5. The van der Waals surface area contributed by atoms with Gasteiger partial charge in [-0.2, -0.15) is 0 Å². The van der Waals surface area contributed by atoms with Crippen LogP contribution in [0.3, 0.4) is 0 Å². The van der Waals surface area contributed by atoms with Gasteiger partial charge in [-0.1, -0.05) is 30.3 Å². The van der Waals surface area contributed by atoms with E-state index in [9.17, 15) is 24.3 Å². The van der Waals surface area contributed by atoms with Gasteiger partial charge in [0.05, 0.1) is 12.7 Å². The summed E-state index contributed by atoms with van der Waals surface area (Å²) in [5, 5.41) is 13.1. The van der Waals surface area contributed by atoms with Crippen molar-refractivity contribution in [1.82, 2.24) is 25.1 Å². The lowest BCUT2D eigenvalue weighted by molar-refractivity contribution is -0.155. The summed E-state index contributed by atoms with van der Waals surface area (Å²) in [5.74, 6) is -0.612. The zero-order valence-electron chi connectivity index (χ0n) is 26.5. The van der Waals surface area contributed by atoms with E-state index in [-0.39, 0.29) is 57.2 Å². The van der Waals surface area contributed by atoms with E-state index >= 15 is 0 Å². The molecule has 0 radical (unpaired) electrons. The lowest BCUT2D eigenvalue weighted by Crippen LogP contribution is -2.56. The Morgan fingerprint density at radius 2 is 1.71 bits per heavy atom. The Morgan fingerprint density at radius 1 is 1.02 bits per heavy atom. The molecule has 2 aromatic rings. The first kappa shape index (κ1) is 33.6. The topological polar surface area (TPSA) is 154 Å². The van der Waals surface area contributed by atoms with E-state index in [1.807, 2.05) is 35.2 Å². The third kappa shape index (κ3) is 9.61. The van der Waals surface area contributed by atoms with Crippen molar-refractivity contribution >= 4 is 29.7 Å². The molecule has 1 aromatic carbocycles. The quantitative estimate of drug-likeness (QED) is 0.398. The number of piperazine rings is 1. The number of aliphatic hydroxyl groups excluding tert-OH is 1. The van der Waals surface area contributed by atoms with Gasteiger partial charge in [0.15, 0.2) is 5.82 Å². The zero-order valence-corrected chi connectivity index (χ0v) is 26.5. The molecule has 45 heavy (non-hydrogen) atoms. The number of ether oxygens (including phenoxy) is 2. The monoisotopic (exact) mass is 624 g/mol. The maximum atomic E-state index is 13.8. The zero-order chi connectivity index (χ0) is 32.6. The van der Waals surface area contributed by atoms with Gasteiger partial charge in [0, 0.05) is 57.3 Å². The normalized spacial score (nSPS) is 17.8. The summed E-state index contributed by atoms with van der Waals surface area (Å²) in [6.07, 6.45) is 0.444. The molecule has 3 heterocycles. The van der Waals surface area contributed by atoms with Crippen LogP contribution < -0.4 is 10.2 Å². The molecule has 1 aromatic heterocycles. The molecule has 2 aliphatic rings. The van der Waals surface area contributed by atoms with Gasteiger partial charge >= 0.3 is 12.1 Å². The molecular formula is C32H44N6O7. The molecule has 0 aliphatic carbocycles. The Hall–Kier alpha value is -4.26. The minimum atomic E-state index is -1.05. The summed E-state index contributed by atoms with van der Waals surface area (Å²) in [6.45, 7) is 9.39. The number of anilines is 1. The fourth-order valence-corrected chi connectivity index (χ4v) is 5.28. The van der Waals surface area contributed by atoms with Gasteiger partial charge in [0.2, 0.25) is 5.91 Å². The molecule has 2 fully saturated rings. The Labute approximate surface area is 263 Å². The highest BCUT2D eigenvalue weighted by Crippen LogP contribution is 2.24. The van der Waals surface area contributed by atoms with Gasteiger partial charge in [-0.25, -0.2) is 14.8 Å². The molecule has 2 N–H and O–H groups in total. The Kier molecular flexibility index (Phi) is 11.3. The third-order valence-electron chi connectivity index (χ3n) is 7.48. The van der Waals surface area contributed by atoms with Crippen LogP contribution in [0.1, 0.15) is 63.9 Å². The molecule has 2 unspecified atom stereocenters. The second-order valence-electron chi connectivity index (χ2n) is 12.2. The third-order valence-corrected chi connectivity index (χ3v) is 7.48. The van der Waals surface area contributed by atoms with E-state index in [2.05, 4.69) is 10.3 Å². The number of aliphatic hydroxyl groups is 1. The van der Waals surface area contributed by atoms with Crippen molar-refractivity contribution in [3.8, 4) is 11.4 Å². The Morgan fingerprint density at radius 3 is 2.36 bits per heavy atom. The highest BCUT2D eigenvalue weighted by atomic mass is 16.6. The predicted molar refractivity (Wildman–Crippen MR) is 166 cm³/mol. The van der Waals surface area contributed by atoms with Gasteiger partial charge < -0.3 is 34.6 Å². The number of hydrogen-bond acceptors (Lipinski definition) is 10. The van der Waals surface area contributed by atoms with E-state index in [0.29, 0.717) is 36.7 Å². The van der Waals surface area contributed by atoms with E-state index in [1.165, 1.54) is 4.90 Å². The number of esters is 1. The highest BCUT2D eigenvalue weighted by molar-refractivity contribution is 5.97. The Bertz CT molecular complexity index is 1340. The van der Waals surface area contributed by atoms with Crippen LogP contribution >= 0.6 is 0 Å². The van der Waals surface area contributed by atoms with Gasteiger partial charge in [0.1, 0.15) is 23.2 Å². The minimum Gasteiger partial charge on any atom is -0.460 e. The average Bonchev–Trinajstić information content (AvgIpc) is 3.02. The number of benzene rings is 1. The van der Waals surface area contributed by atoms with Crippen molar-refractivity contribution in [2.24, 2.45) is 0 Å². The van der Waals surface area contributed by atoms with E-state index < -0.39 is 35.7 Å². The van der Waals surface area contributed by atoms with Crippen LogP contribution in [-0.2, 0) is 19.1 Å². The summed E-state index contributed by atoms with van der Waals surface area (Å²) in [4.78, 5) is 66.6. The van der Waals surface area contributed by atoms with Crippen LogP contribution in [0.15, 0.2) is 36.4 Å². The SMILES string of the molecule is CCOC(=O)N1CCN(C(=O)C(CCC(=O)OC(C)(C)C)NC(=O)c2cc(N3CCCC(O)C3)nc(-c3ccccc3)n2)CC1. The number of nitrogens with zero attached hydrogens (tertiary/aromatic N) is 5. The number of hydrogen-bond donors (Lipinski definition) is 2. The van der Waals surface area contributed by atoms with Crippen LogP contribution in [0.5, 0.6) is 0 Å². The van der Waals surface area contributed by atoms with Crippen molar-refractivity contribution in [3.63, 3.8) is 0 Å². The second kappa shape index (κ2) is 15.2. The van der Waals surface area contributed by atoms with Crippen LogP contribution in [0.25, 0.3) is 11.4 Å². The molecule has 2 atom stereocenters. The largest absolute Gasteiger partial charge is 0.460 e. The molecule has 0 spiro atoms. The van der Waals surface area contributed by atoms with E-state index in [0.717, 1.165) is 6.42 Å². The first-order valence-electron chi connectivity index (χ1n) is 15.5. The average molecular weight is 625 g/mol. The van der Waals surface area contributed by atoms with Gasteiger partial charge in [-0.05, 0) is 47.0 Å². The number of rotatable bonds is 9. The van der Waals surface area contributed by atoms with Crippen molar-refractivity contribution in [3.05, 3.63) is 42.1 Å². The van der Waals surface area contributed by atoms with E-state index in [1.54, 1.807) is 38.7 Å². The van der Waals surface area contributed by atoms with Crippen molar-refractivity contribution in [2.75, 3.05) is 50.8 Å². The van der Waals surface area contributed by atoms with Crippen LogP contribution in [0.4, 0.5) is 10.6 Å². The summed E-state index contributed by atoms with van der Waals surface area (Å²) < 4.78 is 10.5. The number of amides is 3. The molecule has 4 rings (SSSR count). The molecular weight excluding hydrogens is 580 g/mol. The number of nitrogens with one attached hydrogen (secondary N) is 1. The highest BCUT2D eigenvalue weighted by Gasteiger charge is 2.32. The van der Waals surface area contributed by atoms with Gasteiger partial charge in [-0.3, -0.25) is 14.4 Å². The van der Waals surface area contributed by atoms with Crippen molar-refractivity contribution in [1.29, 1.82) is 0 Å². The summed E-state index contributed by atoms with van der Waals surface area (Å²) in [5.41, 5.74) is 0.0698. The lowest BCUT2D eigenvalue weighted by atomic mass is 10.1. The van der Waals surface area contributed by atoms with Gasteiger partial charge in [-0.15, -0.1) is 0 Å². The first-order chi connectivity index (χ1) is 21.4.